The van der Waals surface area contributed by atoms with E-state index in [4.69, 9.17) is 11.6 Å². The van der Waals surface area contributed by atoms with E-state index in [1.54, 1.807) is 36.0 Å². The molecule has 0 aromatic heterocycles. The van der Waals surface area contributed by atoms with Gasteiger partial charge in [-0.1, -0.05) is 60.1 Å². The predicted octanol–water partition coefficient (Wildman–Crippen LogP) is 4.51. The molecule has 0 saturated heterocycles. The van der Waals surface area contributed by atoms with Crippen molar-refractivity contribution in [2.24, 2.45) is 0 Å². The zero-order valence-corrected chi connectivity index (χ0v) is 18.0. The second-order valence-corrected chi connectivity index (χ2v) is 8.31. The van der Waals surface area contributed by atoms with Crippen LogP contribution in [0.4, 0.5) is 0 Å². The van der Waals surface area contributed by atoms with Crippen LogP contribution in [0.15, 0.2) is 60.7 Å². The first-order valence-corrected chi connectivity index (χ1v) is 11.4. The fourth-order valence-corrected chi connectivity index (χ4v) is 4.07. The van der Waals surface area contributed by atoms with Crippen molar-refractivity contribution < 1.29 is 9.59 Å². The minimum atomic E-state index is -0.558. The van der Waals surface area contributed by atoms with Crippen molar-refractivity contribution in [2.45, 2.75) is 18.9 Å². The lowest BCUT2D eigenvalue weighted by Crippen LogP contribution is -2.50. The lowest BCUT2D eigenvalue weighted by atomic mass is 9.99. The Hall–Kier alpha value is -2.24. The van der Waals surface area contributed by atoms with Crippen LogP contribution in [0.1, 0.15) is 28.8 Å². The van der Waals surface area contributed by atoms with Crippen LogP contribution in [0.25, 0.3) is 5.57 Å². The number of halogens is 1. The minimum absolute atomic E-state index is 0.0391. The van der Waals surface area contributed by atoms with Gasteiger partial charge in [0.1, 0.15) is 6.04 Å². The van der Waals surface area contributed by atoms with E-state index in [9.17, 15) is 9.59 Å². The standard InChI is InChI=1S/C23H25ClN2O2S/c1-29-16-13-21(25-22(27)19-9-5-6-10-20(19)24)23(28)26-14-11-18(12-15-26)17-7-3-2-4-8-17/h2-11,21H,12-16H2,1H3,(H,25,27). The van der Waals surface area contributed by atoms with Crippen LogP contribution < -0.4 is 5.32 Å². The van der Waals surface area contributed by atoms with E-state index in [2.05, 4.69) is 23.5 Å². The third-order valence-electron chi connectivity index (χ3n) is 5.00. The molecule has 0 fully saturated rings. The molecule has 0 bridgehead atoms. The molecule has 2 amide bonds. The summed E-state index contributed by atoms with van der Waals surface area (Å²) in [6.07, 6.45) is 5.50. The van der Waals surface area contributed by atoms with Crippen LogP contribution in [0.3, 0.4) is 0 Å². The van der Waals surface area contributed by atoms with Crippen LogP contribution in [0, 0.1) is 0 Å². The molecule has 2 aromatic carbocycles. The molecule has 1 aliphatic heterocycles. The molecular weight excluding hydrogens is 404 g/mol. The summed E-state index contributed by atoms with van der Waals surface area (Å²) in [7, 11) is 0. The summed E-state index contributed by atoms with van der Waals surface area (Å²) in [6, 6.07) is 16.6. The molecule has 1 heterocycles. The summed E-state index contributed by atoms with van der Waals surface area (Å²) in [6.45, 7) is 1.21. The number of benzene rings is 2. The number of nitrogens with zero attached hydrogens (tertiary/aromatic N) is 1. The first-order chi connectivity index (χ1) is 14.1. The highest BCUT2D eigenvalue weighted by Gasteiger charge is 2.27. The lowest BCUT2D eigenvalue weighted by Gasteiger charge is -2.30. The minimum Gasteiger partial charge on any atom is -0.340 e. The van der Waals surface area contributed by atoms with Crippen LogP contribution >= 0.6 is 23.4 Å². The molecule has 1 atom stereocenters. The molecule has 0 radical (unpaired) electrons. The third-order valence-corrected chi connectivity index (χ3v) is 5.97. The van der Waals surface area contributed by atoms with Gasteiger partial charge < -0.3 is 10.2 Å². The monoisotopic (exact) mass is 428 g/mol. The number of hydrogen-bond acceptors (Lipinski definition) is 3. The van der Waals surface area contributed by atoms with Gasteiger partial charge in [-0.25, -0.2) is 0 Å². The maximum absolute atomic E-state index is 13.1. The summed E-state index contributed by atoms with van der Waals surface area (Å²) in [5.74, 6) is 0.438. The normalized spacial score (nSPS) is 14.8. The summed E-state index contributed by atoms with van der Waals surface area (Å²) < 4.78 is 0. The van der Waals surface area contributed by atoms with Crippen molar-refractivity contribution >= 4 is 40.8 Å². The Labute approximate surface area is 181 Å². The van der Waals surface area contributed by atoms with E-state index >= 15 is 0 Å². The van der Waals surface area contributed by atoms with E-state index in [0.717, 1.165) is 12.2 Å². The average molecular weight is 429 g/mol. The first kappa shape index (κ1) is 21.5. The number of thioether (sulfide) groups is 1. The molecular formula is C23H25ClN2O2S. The summed E-state index contributed by atoms with van der Waals surface area (Å²) in [4.78, 5) is 27.6. The third kappa shape index (κ3) is 5.64. The Kier molecular flexibility index (Phi) is 7.78. The lowest BCUT2D eigenvalue weighted by molar-refractivity contribution is -0.132. The number of nitrogens with one attached hydrogen (secondary N) is 1. The van der Waals surface area contributed by atoms with E-state index in [-0.39, 0.29) is 11.8 Å². The van der Waals surface area contributed by atoms with Crippen molar-refractivity contribution in [1.29, 1.82) is 0 Å². The second-order valence-electron chi connectivity index (χ2n) is 6.92. The van der Waals surface area contributed by atoms with Gasteiger partial charge in [0.15, 0.2) is 0 Å². The van der Waals surface area contributed by atoms with Gasteiger partial charge in [0.25, 0.3) is 5.91 Å². The van der Waals surface area contributed by atoms with Crippen molar-refractivity contribution in [3.8, 4) is 0 Å². The number of carbonyl (C=O) groups is 2. The van der Waals surface area contributed by atoms with Crippen molar-refractivity contribution in [3.63, 3.8) is 0 Å². The highest BCUT2D eigenvalue weighted by atomic mass is 35.5. The second kappa shape index (κ2) is 10.5. The summed E-state index contributed by atoms with van der Waals surface area (Å²) in [5.41, 5.74) is 2.85. The number of carbonyl (C=O) groups excluding carboxylic acids is 2. The number of amides is 2. The fraction of sp³-hybridized carbons (Fsp3) is 0.304. The summed E-state index contributed by atoms with van der Waals surface area (Å²) in [5, 5.41) is 3.28. The quantitative estimate of drug-likeness (QED) is 0.705. The van der Waals surface area contributed by atoms with Gasteiger partial charge in [-0.05, 0) is 48.1 Å². The SMILES string of the molecule is CSCCC(NC(=O)c1ccccc1Cl)C(=O)N1CC=C(c2ccccc2)CC1. The number of hydrogen-bond donors (Lipinski definition) is 1. The van der Waals surface area contributed by atoms with Gasteiger partial charge in [-0.3, -0.25) is 9.59 Å². The largest absolute Gasteiger partial charge is 0.340 e. The van der Waals surface area contributed by atoms with Crippen LogP contribution in [0.5, 0.6) is 0 Å². The van der Waals surface area contributed by atoms with Crippen LogP contribution in [-0.2, 0) is 4.79 Å². The van der Waals surface area contributed by atoms with Crippen molar-refractivity contribution in [2.75, 3.05) is 25.1 Å². The molecule has 152 valence electrons. The maximum Gasteiger partial charge on any atom is 0.253 e. The van der Waals surface area contributed by atoms with Gasteiger partial charge in [0, 0.05) is 13.1 Å². The molecule has 1 aliphatic rings. The Morgan fingerprint density at radius 2 is 1.86 bits per heavy atom. The molecule has 29 heavy (non-hydrogen) atoms. The molecule has 0 aliphatic carbocycles. The van der Waals surface area contributed by atoms with Gasteiger partial charge >= 0.3 is 0 Å². The predicted molar refractivity (Wildman–Crippen MR) is 121 cm³/mol. The highest BCUT2D eigenvalue weighted by Crippen LogP contribution is 2.23. The Morgan fingerprint density at radius 3 is 2.52 bits per heavy atom. The zero-order chi connectivity index (χ0) is 20.6. The molecule has 1 N–H and O–H groups in total. The molecule has 6 heteroatoms. The Balaban J connectivity index is 1.69. The fourth-order valence-electron chi connectivity index (χ4n) is 3.38. The van der Waals surface area contributed by atoms with Crippen LogP contribution in [-0.4, -0.2) is 47.9 Å². The van der Waals surface area contributed by atoms with Crippen LogP contribution in [0.2, 0.25) is 5.02 Å². The molecule has 0 spiro atoms. The summed E-state index contributed by atoms with van der Waals surface area (Å²) >= 11 is 7.80. The van der Waals surface area contributed by atoms with Crippen molar-refractivity contribution in [1.82, 2.24) is 10.2 Å². The van der Waals surface area contributed by atoms with Gasteiger partial charge in [-0.15, -0.1) is 0 Å². The highest BCUT2D eigenvalue weighted by molar-refractivity contribution is 7.98. The molecule has 4 nitrogen and oxygen atoms in total. The smallest absolute Gasteiger partial charge is 0.253 e. The zero-order valence-electron chi connectivity index (χ0n) is 16.4. The van der Waals surface area contributed by atoms with E-state index in [1.807, 2.05) is 29.4 Å². The first-order valence-electron chi connectivity index (χ1n) is 9.67. The van der Waals surface area contributed by atoms with E-state index < -0.39 is 6.04 Å². The van der Waals surface area contributed by atoms with Gasteiger partial charge in [0.2, 0.25) is 5.91 Å². The number of rotatable bonds is 7. The van der Waals surface area contributed by atoms with Gasteiger partial charge in [0.05, 0.1) is 10.6 Å². The Morgan fingerprint density at radius 1 is 1.14 bits per heavy atom. The van der Waals surface area contributed by atoms with Crippen molar-refractivity contribution in [3.05, 3.63) is 76.8 Å². The average Bonchev–Trinajstić information content (AvgIpc) is 2.77. The maximum atomic E-state index is 13.1. The van der Waals surface area contributed by atoms with E-state index in [0.29, 0.717) is 30.1 Å². The molecule has 2 aromatic rings. The molecule has 1 unspecified atom stereocenters. The molecule has 3 rings (SSSR count). The molecule has 0 saturated carbocycles. The topological polar surface area (TPSA) is 49.4 Å². The Bertz CT molecular complexity index is 885. The van der Waals surface area contributed by atoms with E-state index in [1.165, 1.54) is 11.1 Å². The van der Waals surface area contributed by atoms with Gasteiger partial charge in [-0.2, -0.15) is 11.8 Å².